The third-order valence-electron chi connectivity index (χ3n) is 3.87. The Balaban J connectivity index is 2.03. The van der Waals surface area contributed by atoms with Crippen LogP contribution in [0.5, 0.6) is 0 Å². The molecule has 0 saturated carbocycles. The average molecular weight is 499 g/mol. The summed E-state index contributed by atoms with van der Waals surface area (Å²) in [5.74, 6) is -0.861. The van der Waals surface area contributed by atoms with E-state index in [9.17, 15) is 9.59 Å². The van der Waals surface area contributed by atoms with Crippen LogP contribution in [0.25, 0.3) is 5.82 Å². The number of aromatic nitrogens is 3. The van der Waals surface area contributed by atoms with Crippen molar-refractivity contribution >= 4 is 56.6 Å². The second-order valence-electron chi connectivity index (χ2n) is 5.84. The molecule has 3 aromatic rings. The van der Waals surface area contributed by atoms with Crippen LogP contribution in [0.15, 0.2) is 41.1 Å². The summed E-state index contributed by atoms with van der Waals surface area (Å²) in [6.07, 6.45) is 1.53. The van der Waals surface area contributed by atoms with Crippen molar-refractivity contribution in [2.75, 3.05) is 12.0 Å². The fourth-order valence-electron chi connectivity index (χ4n) is 2.64. The first-order valence-corrected chi connectivity index (χ1v) is 9.73. The van der Waals surface area contributed by atoms with Crippen molar-refractivity contribution in [2.24, 2.45) is 0 Å². The number of halogens is 3. The molecule has 1 aromatic carbocycles. The molecule has 0 atom stereocenters. The van der Waals surface area contributed by atoms with Crippen LogP contribution in [0.2, 0.25) is 10.0 Å². The minimum Gasteiger partial charge on any atom is -0.376 e. The first-order valence-electron chi connectivity index (χ1n) is 8.18. The average Bonchev–Trinajstić information content (AvgIpc) is 3.05. The number of aliphatic hydroxyl groups excluding tert-OH is 1. The lowest BCUT2D eigenvalue weighted by atomic mass is 10.1. The second-order valence-corrected chi connectivity index (χ2v) is 7.49. The van der Waals surface area contributed by atoms with Gasteiger partial charge in [0.05, 0.1) is 16.3 Å². The van der Waals surface area contributed by atoms with Crippen LogP contribution in [0.1, 0.15) is 26.4 Å². The van der Waals surface area contributed by atoms with Crippen molar-refractivity contribution in [1.29, 1.82) is 0 Å². The third kappa shape index (κ3) is 4.59. The molecule has 0 bridgehead atoms. The van der Waals surface area contributed by atoms with Crippen molar-refractivity contribution in [2.45, 2.75) is 6.92 Å². The number of aliphatic hydroxyl groups is 1. The Labute approximate surface area is 184 Å². The molecule has 3 rings (SSSR count). The second kappa shape index (κ2) is 8.91. The minimum absolute atomic E-state index is 0.110. The van der Waals surface area contributed by atoms with E-state index >= 15 is 0 Å². The third-order valence-corrected chi connectivity index (χ3v) is 4.78. The van der Waals surface area contributed by atoms with Crippen molar-refractivity contribution in [3.8, 4) is 5.82 Å². The molecule has 11 heteroatoms. The van der Waals surface area contributed by atoms with E-state index in [0.717, 1.165) is 0 Å². The largest absolute Gasteiger partial charge is 0.376 e. The number of nitrogens with one attached hydrogen (secondary N) is 2. The van der Waals surface area contributed by atoms with E-state index in [0.29, 0.717) is 20.2 Å². The topological polar surface area (TPSA) is 109 Å². The van der Waals surface area contributed by atoms with Gasteiger partial charge >= 0.3 is 0 Å². The van der Waals surface area contributed by atoms with E-state index in [-0.39, 0.29) is 22.8 Å². The van der Waals surface area contributed by atoms with Gasteiger partial charge in [0.1, 0.15) is 17.0 Å². The number of benzene rings is 1. The number of amides is 2. The van der Waals surface area contributed by atoms with E-state index in [1.54, 1.807) is 25.1 Å². The number of nitrogens with zero attached hydrogens (tertiary/aromatic N) is 3. The lowest BCUT2D eigenvalue weighted by molar-refractivity contribution is 0.0911. The Morgan fingerprint density at radius 3 is 2.69 bits per heavy atom. The van der Waals surface area contributed by atoms with Crippen LogP contribution < -0.4 is 10.6 Å². The lowest BCUT2D eigenvalue weighted by Crippen LogP contribution is -2.27. The van der Waals surface area contributed by atoms with Gasteiger partial charge in [0.2, 0.25) is 0 Å². The number of pyridine rings is 1. The molecule has 0 spiro atoms. The van der Waals surface area contributed by atoms with Crippen molar-refractivity contribution in [3.63, 3.8) is 0 Å². The summed E-state index contributed by atoms with van der Waals surface area (Å²) in [6, 6.07) is 7.79. The zero-order valence-electron chi connectivity index (χ0n) is 14.9. The van der Waals surface area contributed by atoms with E-state index < -0.39 is 18.5 Å². The van der Waals surface area contributed by atoms with Gasteiger partial charge < -0.3 is 15.7 Å². The predicted molar refractivity (Wildman–Crippen MR) is 113 cm³/mol. The molecule has 150 valence electrons. The molecule has 0 radical (unpaired) electrons. The number of rotatable bonds is 5. The summed E-state index contributed by atoms with van der Waals surface area (Å²) in [4.78, 5) is 29.5. The van der Waals surface area contributed by atoms with Crippen LogP contribution in [-0.2, 0) is 0 Å². The van der Waals surface area contributed by atoms with Gasteiger partial charge in [-0.15, -0.1) is 0 Å². The Morgan fingerprint density at radius 2 is 2.00 bits per heavy atom. The molecular weight excluding hydrogens is 485 g/mol. The minimum atomic E-state index is -0.587. The Kier molecular flexibility index (Phi) is 6.53. The molecule has 0 aliphatic heterocycles. The van der Waals surface area contributed by atoms with Crippen LogP contribution >= 0.6 is 39.1 Å². The molecule has 0 aliphatic carbocycles. The molecule has 0 aliphatic rings. The molecule has 0 unspecified atom stereocenters. The molecule has 2 amide bonds. The normalized spacial score (nSPS) is 10.7. The highest BCUT2D eigenvalue weighted by molar-refractivity contribution is 9.10. The SMILES string of the molecule is Cc1cc(Cl)cc(C(=O)NCO)c1NC(=O)c1cc(Br)nn1-c1ncccc1Cl. The summed E-state index contributed by atoms with van der Waals surface area (Å²) in [6.45, 7) is 1.13. The highest BCUT2D eigenvalue weighted by atomic mass is 79.9. The predicted octanol–water partition coefficient (Wildman–Crippen LogP) is 3.58. The van der Waals surface area contributed by atoms with Crippen LogP contribution in [-0.4, -0.2) is 38.4 Å². The van der Waals surface area contributed by atoms with E-state index in [1.165, 1.54) is 23.0 Å². The fraction of sp³-hybridized carbons (Fsp3) is 0.111. The Hall–Kier alpha value is -2.46. The molecule has 2 aromatic heterocycles. The summed E-state index contributed by atoms with van der Waals surface area (Å²) in [7, 11) is 0. The molecule has 0 fully saturated rings. The van der Waals surface area contributed by atoms with Crippen LogP contribution in [0.4, 0.5) is 5.69 Å². The van der Waals surface area contributed by atoms with E-state index in [2.05, 4.69) is 36.6 Å². The quantitative estimate of drug-likeness (QED) is 0.466. The summed E-state index contributed by atoms with van der Waals surface area (Å²) < 4.78 is 1.69. The number of aryl methyl sites for hydroxylation is 1. The molecule has 2 heterocycles. The van der Waals surface area contributed by atoms with Gasteiger partial charge in [-0.2, -0.15) is 5.10 Å². The van der Waals surface area contributed by atoms with Gasteiger partial charge in [-0.25, -0.2) is 9.67 Å². The molecular formula is C18H14BrCl2N5O3. The summed E-state index contributed by atoms with van der Waals surface area (Å²) in [5, 5.41) is 18.8. The molecule has 8 nitrogen and oxygen atoms in total. The first kappa shape index (κ1) is 21.3. The molecule has 3 N–H and O–H groups in total. The van der Waals surface area contributed by atoms with Gasteiger partial charge in [0.25, 0.3) is 11.8 Å². The zero-order chi connectivity index (χ0) is 21.1. The molecule has 0 saturated heterocycles. The Morgan fingerprint density at radius 1 is 1.24 bits per heavy atom. The zero-order valence-corrected chi connectivity index (χ0v) is 18.0. The number of hydrogen-bond donors (Lipinski definition) is 3. The number of anilines is 1. The smallest absolute Gasteiger partial charge is 0.274 e. The maximum absolute atomic E-state index is 13.0. The lowest BCUT2D eigenvalue weighted by Gasteiger charge is -2.15. The van der Waals surface area contributed by atoms with Crippen molar-refractivity contribution in [3.05, 3.63) is 68.0 Å². The fourth-order valence-corrected chi connectivity index (χ4v) is 3.49. The maximum Gasteiger partial charge on any atom is 0.274 e. The number of carbonyl (C=O) groups is 2. The monoisotopic (exact) mass is 497 g/mol. The van der Waals surface area contributed by atoms with Gasteiger partial charge in [0, 0.05) is 17.3 Å². The van der Waals surface area contributed by atoms with Crippen LogP contribution in [0.3, 0.4) is 0 Å². The standard InChI is InChI=1S/C18H14BrCl2N5O3/c1-9-5-10(20)6-11(17(28)23-8-27)15(9)24-18(29)13-7-14(19)25-26(13)16-12(21)3-2-4-22-16/h2-7,27H,8H2,1H3,(H,23,28)(H,24,29). The number of carbonyl (C=O) groups excluding carboxylic acids is 2. The van der Waals surface area contributed by atoms with E-state index in [4.69, 9.17) is 28.3 Å². The summed E-state index contributed by atoms with van der Waals surface area (Å²) >= 11 is 15.5. The Bertz CT molecular complexity index is 1100. The van der Waals surface area contributed by atoms with Crippen LogP contribution in [0, 0.1) is 6.92 Å². The summed E-state index contributed by atoms with van der Waals surface area (Å²) in [5.41, 5.74) is 1.06. The van der Waals surface area contributed by atoms with Gasteiger partial charge in [0.15, 0.2) is 5.82 Å². The first-order chi connectivity index (χ1) is 13.8. The van der Waals surface area contributed by atoms with Crippen molar-refractivity contribution in [1.82, 2.24) is 20.1 Å². The van der Waals surface area contributed by atoms with Gasteiger partial charge in [-0.3, -0.25) is 9.59 Å². The van der Waals surface area contributed by atoms with Crippen molar-refractivity contribution < 1.29 is 14.7 Å². The number of hydrogen-bond acceptors (Lipinski definition) is 5. The van der Waals surface area contributed by atoms with E-state index in [1.807, 2.05) is 0 Å². The molecule has 29 heavy (non-hydrogen) atoms. The highest BCUT2D eigenvalue weighted by Crippen LogP contribution is 2.27. The highest BCUT2D eigenvalue weighted by Gasteiger charge is 2.22. The van der Waals surface area contributed by atoms with Gasteiger partial charge in [-0.1, -0.05) is 23.2 Å². The van der Waals surface area contributed by atoms with Gasteiger partial charge in [-0.05, 0) is 52.7 Å². The maximum atomic E-state index is 13.0.